The second kappa shape index (κ2) is 8.10. The highest BCUT2D eigenvalue weighted by Crippen LogP contribution is 2.33. The average molecular weight is 431 g/mol. The van der Waals surface area contributed by atoms with Crippen LogP contribution in [0.1, 0.15) is 37.7 Å². The Morgan fingerprint density at radius 3 is 2.40 bits per heavy atom. The number of rotatable bonds is 4. The third kappa shape index (κ3) is 4.64. The van der Waals surface area contributed by atoms with Gasteiger partial charge in [0, 0.05) is 17.1 Å². The van der Waals surface area contributed by atoms with Crippen molar-refractivity contribution in [3.05, 3.63) is 58.0 Å². The molecule has 0 spiro atoms. The van der Waals surface area contributed by atoms with E-state index in [1.807, 2.05) is 24.5 Å². The van der Waals surface area contributed by atoms with Crippen LogP contribution in [-0.2, 0) is 14.3 Å². The molecule has 1 aliphatic heterocycles. The van der Waals surface area contributed by atoms with E-state index in [1.165, 1.54) is 12.1 Å². The lowest BCUT2D eigenvalue weighted by atomic mass is 10.2. The second-order valence-corrected chi connectivity index (χ2v) is 8.99. The number of esters is 1. The van der Waals surface area contributed by atoms with Crippen LogP contribution in [0.25, 0.3) is 11.8 Å². The first-order valence-electron chi connectivity index (χ1n) is 9.38. The minimum absolute atomic E-state index is 0.239. The van der Waals surface area contributed by atoms with Crippen molar-refractivity contribution in [2.24, 2.45) is 0 Å². The van der Waals surface area contributed by atoms with E-state index >= 15 is 0 Å². The molecule has 1 aromatic heterocycles. The summed E-state index contributed by atoms with van der Waals surface area (Å²) in [5.41, 5.74) is 2.60. The zero-order chi connectivity index (χ0) is 22.2. The fourth-order valence-electron chi connectivity index (χ4n) is 3.20. The number of hydrogen-bond donors (Lipinski definition) is 0. The number of thioether (sulfide) groups is 1. The van der Waals surface area contributed by atoms with Crippen LogP contribution in [0.5, 0.6) is 0 Å². The molecule has 0 atom stereocenters. The van der Waals surface area contributed by atoms with E-state index in [0.29, 0.717) is 0 Å². The molecule has 158 valence electrons. The highest BCUT2D eigenvalue weighted by Gasteiger charge is 2.37. The molecule has 3 rings (SSSR count). The van der Waals surface area contributed by atoms with Gasteiger partial charge in [0.25, 0.3) is 11.1 Å². The lowest BCUT2D eigenvalue weighted by molar-refractivity contribution is -0.156. The smallest absolute Gasteiger partial charge is 0.326 e. The van der Waals surface area contributed by atoms with E-state index in [2.05, 4.69) is 0 Å². The maximum atomic E-state index is 13.2. The molecule has 1 aliphatic rings. The molecule has 0 unspecified atom stereocenters. The van der Waals surface area contributed by atoms with Crippen LogP contribution in [0.2, 0.25) is 0 Å². The molecule has 0 saturated carbocycles. The Labute approximate surface area is 178 Å². The molecule has 1 saturated heterocycles. The molecule has 1 aromatic carbocycles. The predicted molar refractivity (Wildman–Crippen MR) is 114 cm³/mol. The minimum Gasteiger partial charge on any atom is -0.459 e. The Morgan fingerprint density at radius 1 is 1.17 bits per heavy atom. The molecule has 0 aliphatic carbocycles. The monoisotopic (exact) mass is 430 g/mol. The van der Waals surface area contributed by atoms with Crippen molar-refractivity contribution >= 4 is 35.0 Å². The molecule has 30 heavy (non-hydrogen) atoms. The first-order valence-corrected chi connectivity index (χ1v) is 10.2. The predicted octanol–water partition coefficient (Wildman–Crippen LogP) is 4.61. The largest absolute Gasteiger partial charge is 0.459 e. The number of carbonyl (C=O) groups excluding carboxylic acids is 3. The van der Waals surface area contributed by atoms with Gasteiger partial charge in [-0.15, -0.1) is 0 Å². The quantitative estimate of drug-likeness (QED) is 0.523. The van der Waals surface area contributed by atoms with Crippen molar-refractivity contribution in [2.45, 2.75) is 40.2 Å². The normalized spacial score (nSPS) is 15.9. The van der Waals surface area contributed by atoms with Crippen molar-refractivity contribution in [1.82, 2.24) is 9.47 Å². The highest BCUT2D eigenvalue weighted by molar-refractivity contribution is 8.18. The summed E-state index contributed by atoms with van der Waals surface area (Å²) >= 11 is 0.790. The molecule has 2 heterocycles. The number of hydrogen-bond acceptors (Lipinski definition) is 5. The summed E-state index contributed by atoms with van der Waals surface area (Å²) in [6.45, 7) is 8.52. The summed E-state index contributed by atoms with van der Waals surface area (Å²) in [7, 11) is 0. The number of halogens is 1. The van der Waals surface area contributed by atoms with Crippen molar-refractivity contribution in [2.75, 3.05) is 6.54 Å². The molecule has 1 fully saturated rings. The molecule has 0 N–H and O–H groups in total. The Hall–Kier alpha value is -2.87. The number of nitrogens with zero attached hydrogens (tertiary/aromatic N) is 2. The maximum Gasteiger partial charge on any atom is 0.326 e. The van der Waals surface area contributed by atoms with Gasteiger partial charge in [-0.1, -0.05) is 0 Å². The number of imide groups is 1. The van der Waals surface area contributed by atoms with Crippen LogP contribution >= 0.6 is 11.8 Å². The van der Waals surface area contributed by atoms with Crippen molar-refractivity contribution in [1.29, 1.82) is 0 Å². The molecule has 0 radical (unpaired) electrons. The molecular formula is C22H23FN2O4S. The Kier molecular flexibility index (Phi) is 5.90. The van der Waals surface area contributed by atoms with Gasteiger partial charge in [-0.2, -0.15) is 0 Å². The topological polar surface area (TPSA) is 68.6 Å². The minimum atomic E-state index is -0.702. The van der Waals surface area contributed by atoms with Crippen LogP contribution in [0.3, 0.4) is 0 Å². The molecular weight excluding hydrogens is 407 g/mol. The zero-order valence-electron chi connectivity index (χ0n) is 17.5. The second-order valence-electron chi connectivity index (χ2n) is 7.99. The summed E-state index contributed by atoms with van der Waals surface area (Å²) in [5.74, 6) is -1.48. The summed E-state index contributed by atoms with van der Waals surface area (Å²) in [5, 5.41) is -0.510. The lowest BCUT2D eigenvalue weighted by Crippen LogP contribution is -2.37. The van der Waals surface area contributed by atoms with Gasteiger partial charge in [-0.3, -0.25) is 19.3 Å². The number of ether oxygens (including phenoxy) is 1. The van der Waals surface area contributed by atoms with Crippen LogP contribution in [0.4, 0.5) is 9.18 Å². The summed E-state index contributed by atoms with van der Waals surface area (Å²) in [4.78, 5) is 38.1. The van der Waals surface area contributed by atoms with Crippen molar-refractivity contribution in [3.8, 4) is 5.69 Å². The number of benzene rings is 1. The van der Waals surface area contributed by atoms with Crippen LogP contribution in [-0.4, -0.2) is 38.7 Å². The molecule has 8 heteroatoms. The molecule has 6 nitrogen and oxygen atoms in total. The fourth-order valence-corrected chi connectivity index (χ4v) is 4.03. The third-order valence-electron chi connectivity index (χ3n) is 4.42. The van der Waals surface area contributed by atoms with Gasteiger partial charge >= 0.3 is 5.97 Å². The Morgan fingerprint density at radius 2 is 1.80 bits per heavy atom. The number of amides is 2. The lowest BCUT2D eigenvalue weighted by Gasteiger charge is -2.21. The summed E-state index contributed by atoms with van der Waals surface area (Å²) < 4.78 is 20.4. The van der Waals surface area contributed by atoms with E-state index in [0.717, 1.165) is 39.3 Å². The Balaban J connectivity index is 1.85. The number of aromatic nitrogens is 1. The van der Waals surface area contributed by atoms with Gasteiger partial charge in [0.2, 0.25) is 0 Å². The molecule has 2 aromatic rings. The first kappa shape index (κ1) is 21.8. The molecule has 0 bridgehead atoms. The van der Waals surface area contributed by atoms with Gasteiger partial charge in [0.1, 0.15) is 18.0 Å². The van der Waals surface area contributed by atoms with Crippen LogP contribution in [0.15, 0.2) is 35.2 Å². The van der Waals surface area contributed by atoms with Gasteiger partial charge in [-0.05, 0) is 88.4 Å². The first-order chi connectivity index (χ1) is 14.0. The zero-order valence-corrected chi connectivity index (χ0v) is 18.3. The fraction of sp³-hybridized carbons (Fsp3) is 0.318. The van der Waals surface area contributed by atoms with Crippen molar-refractivity contribution < 1.29 is 23.5 Å². The highest BCUT2D eigenvalue weighted by atomic mass is 32.2. The maximum absolute atomic E-state index is 13.2. The van der Waals surface area contributed by atoms with Gasteiger partial charge in [0.05, 0.1) is 4.91 Å². The van der Waals surface area contributed by atoms with Gasteiger partial charge in [-0.25, -0.2) is 4.39 Å². The summed E-state index contributed by atoms with van der Waals surface area (Å²) in [6, 6.07) is 8.01. The van der Waals surface area contributed by atoms with Crippen LogP contribution < -0.4 is 0 Å². The SMILES string of the molecule is Cc1cc(C=C2SC(=O)N(CC(=O)OC(C)(C)C)C2=O)c(C)n1-c1ccc(F)cc1. The van der Waals surface area contributed by atoms with E-state index in [9.17, 15) is 18.8 Å². The van der Waals surface area contributed by atoms with E-state index in [-0.39, 0.29) is 10.7 Å². The van der Waals surface area contributed by atoms with E-state index in [1.54, 1.807) is 39.0 Å². The summed E-state index contributed by atoms with van der Waals surface area (Å²) in [6.07, 6.45) is 1.64. The van der Waals surface area contributed by atoms with Crippen molar-refractivity contribution in [3.63, 3.8) is 0 Å². The van der Waals surface area contributed by atoms with E-state index in [4.69, 9.17) is 4.74 Å². The van der Waals surface area contributed by atoms with Gasteiger partial charge in [0.15, 0.2) is 0 Å². The standard InChI is InChI=1S/C22H23FN2O4S/c1-13-10-15(14(2)25(13)17-8-6-16(23)7-9-17)11-18-20(27)24(21(28)30-18)12-19(26)29-22(3,4)5/h6-11H,12H2,1-5H3. The Bertz CT molecular complexity index is 1050. The van der Waals surface area contributed by atoms with Gasteiger partial charge < -0.3 is 9.30 Å². The van der Waals surface area contributed by atoms with E-state index < -0.39 is 29.3 Å². The number of aryl methyl sites for hydroxylation is 1. The number of carbonyl (C=O) groups is 3. The van der Waals surface area contributed by atoms with Crippen LogP contribution in [0, 0.1) is 19.7 Å². The third-order valence-corrected chi connectivity index (χ3v) is 5.33. The average Bonchev–Trinajstić information content (AvgIpc) is 3.05. The molecule has 2 amide bonds.